The molecule has 5 rings (SSSR count). The van der Waals surface area contributed by atoms with Crippen molar-refractivity contribution >= 4 is 11.8 Å². The number of H-pyrrole nitrogens is 1. The molecule has 1 aliphatic carbocycles. The fourth-order valence-electron chi connectivity index (χ4n) is 5.55. The lowest BCUT2D eigenvalue weighted by Gasteiger charge is -2.51. The van der Waals surface area contributed by atoms with E-state index in [1.165, 1.54) is 12.1 Å². The Kier molecular flexibility index (Phi) is 4.45. The highest BCUT2D eigenvalue weighted by Gasteiger charge is 2.51. The second-order valence-corrected chi connectivity index (χ2v) is 9.09. The maximum Gasteiger partial charge on any atom is 0.239 e. The largest absolute Gasteiger partial charge is 0.348 e. The Hall–Kier alpha value is -1.89. The number of nitrogens with one attached hydrogen (secondary N) is 1. The van der Waals surface area contributed by atoms with E-state index >= 15 is 0 Å². The molecule has 0 unspecified atom stereocenters. The third-order valence-corrected chi connectivity index (χ3v) is 7.41. The fourth-order valence-corrected chi connectivity index (χ4v) is 5.55. The molecule has 1 saturated carbocycles. The summed E-state index contributed by atoms with van der Waals surface area (Å²) in [5, 5.41) is 0. The second-order valence-electron chi connectivity index (χ2n) is 9.09. The quantitative estimate of drug-likeness (QED) is 0.838. The van der Waals surface area contributed by atoms with Gasteiger partial charge in [-0.15, -0.1) is 0 Å². The molecule has 1 aromatic rings. The maximum absolute atomic E-state index is 13.1. The Labute approximate surface area is 166 Å². The number of imidazole rings is 1. The van der Waals surface area contributed by atoms with Gasteiger partial charge in [0.05, 0.1) is 23.6 Å². The minimum absolute atomic E-state index is 0.0271. The van der Waals surface area contributed by atoms with Crippen molar-refractivity contribution < 1.29 is 9.59 Å². The first-order valence-corrected chi connectivity index (χ1v) is 10.9. The molecule has 2 amide bonds. The van der Waals surface area contributed by atoms with E-state index in [-0.39, 0.29) is 23.4 Å². The van der Waals surface area contributed by atoms with Gasteiger partial charge >= 0.3 is 0 Å². The molecule has 0 aromatic carbocycles. The summed E-state index contributed by atoms with van der Waals surface area (Å²) in [5.41, 5.74) is 1.89. The van der Waals surface area contributed by atoms with Crippen LogP contribution in [0.4, 0.5) is 0 Å². The van der Waals surface area contributed by atoms with Crippen LogP contribution in [-0.2, 0) is 21.5 Å². The monoisotopic (exact) mass is 385 g/mol. The van der Waals surface area contributed by atoms with Crippen molar-refractivity contribution in [2.75, 3.05) is 33.2 Å². The van der Waals surface area contributed by atoms with Crippen LogP contribution in [0.1, 0.15) is 56.3 Å². The molecule has 7 nitrogen and oxygen atoms in total. The van der Waals surface area contributed by atoms with Gasteiger partial charge in [0, 0.05) is 37.7 Å². The Balaban J connectivity index is 1.36. The van der Waals surface area contributed by atoms with Gasteiger partial charge < -0.3 is 14.8 Å². The molecule has 3 aliphatic heterocycles. The van der Waals surface area contributed by atoms with Crippen LogP contribution in [0.5, 0.6) is 0 Å². The number of aromatic nitrogens is 2. The van der Waals surface area contributed by atoms with E-state index in [1.54, 1.807) is 6.33 Å². The van der Waals surface area contributed by atoms with Crippen molar-refractivity contribution in [2.24, 2.45) is 5.92 Å². The molecule has 0 bridgehead atoms. The molecular formula is C21H31N5O2. The molecule has 1 aromatic heterocycles. The lowest BCUT2D eigenvalue weighted by Crippen LogP contribution is -2.60. The van der Waals surface area contributed by atoms with Gasteiger partial charge in [-0.05, 0) is 52.1 Å². The van der Waals surface area contributed by atoms with Crippen molar-refractivity contribution in [3.63, 3.8) is 0 Å². The summed E-state index contributed by atoms with van der Waals surface area (Å²) in [5.74, 6) is 0.795. The Morgan fingerprint density at radius 1 is 1.07 bits per heavy atom. The predicted octanol–water partition coefficient (Wildman–Crippen LogP) is 1.51. The highest BCUT2D eigenvalue weighted by atomic mass is 16.2. The summed E-state index contributed by atoms with van der Waals surface area (Å²) in [6, 6.07) is 0.0271. The zero-order valence-corrected chi connectivity index (χ0v) is 16.8. The minimum atomic E-state index is -0.331. The van der Waals surface area contributed by atoms with Crippen LogP contribution in [-0.4, -0.2) is 75.8 Å². The fraction of sp³-hybridized carbons (Fsp3) is 0.762. The Morgan fingerprint density at radius 2 is 1.86 bits per heavy atom. The van der Waals surface area contributed by atoms with Crippen LogP contribution in [0.2, 0.25) is 0 Å². The van der Waals surface area contributed by atoms with Crippen molar-refractivity contribution in [1.29, 1.82) is 0 Å². The molecule has 7 heteroatoms. The molecule has 2 saturated heterocycles. The van der Waals surface area contributed by atoms with Crippen molar-refractivity contribution in [3.05, 3.63) is 17.7 Å². The highest BCUT2D eigenvalue weighted by Crippen LogP contribution is 2.45. The smallest absolute Gasteiger partial charge is 0.239 e. The number of carbonyl (C=O) groups is 2. The molecule has 152 valence electrons. The van der Waals surface area contributed by atoms with E-state index in [1.807, 2.05) is 4.90 Å². The first kappa shape index (κ1) is 18.2. The number of hydrogen-bond donors (Lipinski definition) is 1. The van der Waals surface area contributed by atoms with Gasteiger partial charge in [-0.3, -0.25) is 14.5 Å². The number of likely N-dealkylation sites (tertiary alicyclic amines) is 2. The molecule has 1 spiro atoms. The number of hydrogen-bond acceptors (Lipinski definition) is 4. The average Bonchev–Trinajstić information content (AvgIpc) is 3.45. The van der Waals surface area contributed by atoms with Gasteiger partial charge in [0.1, 0.15) is 0 Å². The normalized spacial score (nSPS) is 27.7. The molecule has 1 N–H and O–H groups in total. The van der Waals surface area contributed by atoms with Gasteiger partial charge in [0.2, 0.25) is 11.8 Å². The van der Waals surface area contributed by atoms with E-state index in [2.05, 4.69) is 26.8 Å². The van der Waals surface area contributed by atoms with E-state index in [0.29, 0.717) is 19.0 Å². The van der Waals surface area contributed by atoms with Gasteiger partial charge in [-0.2, -0.15) is 0 Å². The number of aromatic amines is 1. The van der Waals surface area contributed by atoms with Crippen molar-refractivity contribution in [1.82, 2.24) is 24.7 Å². The molecule has 0 radical (unpaired) electrons. The van der Waals surface area contributed by atoms with E-state index in [9.17, 15) is 9.59 Å². The number of nitrogens with zero attached hydrogens (tertiary/aromatic N) is 4. The SMILES string of the molecule is CN1CCCC[C@@H]1C(=O)N1CCC2(CC1)c1nc[nH]c1CCN2C(=O)C1CC1. The molecule has 4 aliphatic rings. The van der Waals surface area contributed by atoms with Gasteiger partial charge in [0.25, 0.3) is 0 Å². The summed E-state index contributed by atoms with van der Waals surface area (Å²) in [7, 11) is 2.07. The third-order valence-electron chi connectivity index (χ3n) is 7.41. The second kappa shape index (κ2) is 6.87. The van der Waals surface area contributed by atoms with Crippen LogP contribution in [0.15, 0.2) is 6.33 Å². The number of piperidine rings is 2. The van der Waals surface area contributed by atoms with Crippen molar-refractivity contribution in [2.45, 2.75) is 62.9 Å². The lowest BCUT2D eigenvalue weighted by atomic mass is 9.78. The van der Waals surface area contributed by atoms with Crippen LogP contribution >= 0.6 is 0 Å². The molecule has 4 heterocycles. The van der Waals surface area contributed by atoms with Gasteiger partial charge in [-0.1, -0.05) is 6.42 Å². The maximum atomic E-state index is 13.1. The van der Waals surface area contributed by atoms with Crippen LogP contribution in [0, 0.1) is 5.92 Å². The standard InChI is InChI=1S/C21H31N5O2/c1-24-10-3-2-4-17(24)20(28)25-12-8-21(9-13-25)18-16(22-14-23-18)7-11-26(21)19(27)15-5-6-15/h14-15,17H,2-13H2,1H3,(H,22,23)/t17-/m1/s1. The number of rotatable bonds is 2. The first-order valence-electron chi connectivity index (χ1n) is 10.9. The van der Waals surface area contributed by atoms with E-state index in [0.717, 1.165) is 63.7 Å². The lowest BCUT2D eigenvalue weighted by molar-refractivity contribution is -0.147. The highest BCUT2D eigenvalue weighted by molar-refractivity contribution is 5.83. The summed E-state index contributed by atoms with van der Waals surface area (Å²) in [4.78, 5) is 40.5. The Morgan fingerprint density at radius 3 is 2.57 bits per heavy atom. The number of likely N-dealkylation sites (N-methyl/N-ethyl adjacent to an activating group) is 1. The molecular weight excluding hydrogens is 354 g/mol. The van der Waals surface area contributed by atoms with Crippen LogP contribution in [0.25, 0.3) is 0 Å². The zero-order chi connectivity index (χ0) is 19.3. The van der Waals surface area contributed by atoms with Crippen molar-refractivity contribution in [3.8, 4) is 0 Å². The molecule has 1 atom stereocenters. The topological polar surface area (TPSA) is 72.5 Å². The van der Waals surface area contributed by atoms with Gasteiger partial charge in [0.15, 0.2) is 0 Å². The number of carbonyl (C=O) groups excluding carboxylic acids is 2. The number of amides is 2. The van der Waals surface area contributed by atoms with E-state index in [4.69, 9.17) is 0 Å². The summed E-state index contributed by atoms with van der Waals surface area (Å²) in [6.45, 7) is 3.20. The summed E-state index contributed by atoms with van der Waals surface area (Å²) < 4.78 is 0. The molecule has 28 heavy (non-hydrogen) atoms. The van der Waals surface area contributed by atoms with E-state index < -0.39 is 0 Å². The average molecular weight is 386 g/mol. The predicted molar refractivity (Wildman–Crippen MR) is 104 cm³/mol. The van der Waals surface area contributed by atoms with Crippen LogP contribution < -0.4 is 0 Å². The zero-order valence-electron chi connectivity index (χ0n) is 16.8. The number of fused-ring (bicyclic) bond motifs is 2. The van der Waals surface area contributed by atoms with Crippen LogP contribution in [0.3, 0.4) is 0 Å². The first-order chi connectivity index (χ1) is 13.6. The molecule has 3 fully saturated rings. The summed E-state index contributed by atoms with van der Waals surface area (Å²) >= 11 is 0. The Bertz CT molecular complexity index is 763. The summed E-state index contributed by atoms with van der Waals surface area (Å²) in [6.07, 6.45) is 9.55. The third kappa shape index (κ3) is 2.86. The van der Waals surface area contributed by atoms with Gasteiger partial charge in [-0.25, -0.2) is 4.98 Å². The minimum Gasteiger partial charge on any atom is -0.348 e.